The number of likely N-dealkylation sites (tertiary alicyclic amines) is 1. The maximum absolute atomic E-state index is 13.8. The van der Waals surface area contributed by atoms with Gasteiger partial charge in [0.25, 0.3) is 5.91 Å². The van der Waals surface area contributed by atoms with E-state index in [4.69, 9.17) is 0 Å². The van der Waals surface area contributed by atoms with Crippen LogP contribution in [0.15, 0.2) is 22.7 Å². The van der Waals surface area contributed by atoms with E-state index in [0.717, 1.165) is 23.7 Å². The third kappa shape index (κ3) is 2.58. The molecule has 1 heterocycles. The van der Waals surface area contributed by atoms with Crippen LogP contribution < -0.4 is 0 Å². The van der Waals surface area contributed by atoms with Crippen molar-refractivity contribution in [3.63, 3.8) is 0 Å². The first kappa shape index (κ1) is 13.5. The molecule has 1 aromatic rings. The van der Waals surface area contributed by atoms with Crippen molar-refractivity contribution in [3.8, 4) is 0 Å². The van der Waals surface area contributed by atoms with Crippen LogP contribution in [-0.4, -0.2) is 22.9 Å². The average Bonchev–Trinajstić information content (AvgIpc) is 2.32. The van der Waals surface area contributed by atoms with Gasteiger partial charge < -0.3 is 4.90 Å². The molecule has 0 bridgehead atoms. The van der Waals surface area contributed by atoms with Gasteiger partial charge in [-0.15, -0.1) is 0 Å². The second-order valence-corrected chi connectivity index (χ2v) is 5.88. The first-order chi connectivity index (χ1) is 8.50. The Morgan fingerprint density at radius 3 is 2.56 bits per heavy atom. The monoisotopic (exact) mass is 313 g/mol. The number of hydrogen-bond donors (Lipinski definition) is 0. The van der Waals surface area contributed by atoms with E-state index in [0.29, 0.717) is 0 Å². The number of nitrogens with zero attached hydrogens (tertiary/aromatic N) is 1. The number of halogens is 2. The van der Waals surface area contributed by atoms with Crippen molar-refractivity contribution in [2.24, 2.45) is 0 Å². The van der Waals surface area contributed by atoms with E-state index >= 15 is 0 Å². The highest BCUT2D eigenvalue weighted by molar-refractivity contribution is 9.10. The van der Waals surface area contributed by atoms with Gasteiger partial charge in [0.15, 0.2) is 0 Å². The fraction of sp³-hybridized carbons (Fsp3) is 0.500. The Morgan fingerprint density at radius 2 is 1.94 bits per heavy atom. The van der Waals surface area contributed by atoms with Crippen molar-refractivity contribution in [2.45, 2.75) is 45.2 Å². The summed E-state index contributed by atoms with van der Waals surface area (Å²) >= 11 is 3.28. The Morgan fingerprint density at radius 1 is 1.33 bits per heavy atom. The summed E-state index contributed by atoms with van der Waals surface area (Å²) in [5.74, 6) is -0.651. The van der Waals surface area contributed by atoms with Gasteiger partial charge in [-0.3, -0.25) is 4.79 Å². The van der Waals surface area contributed by atoms with Crippen molar-refractivity contribution in [2.75, 3.05) is 0 Å². The molecular formula is C14H17BrFNO. The van der Waals surface area contributed by atoms with Crippen LogP contribution >= 0.6 is 15.9 Å². The van der Waals surface area contributed by atoms with Crippen LogP contribution in [0, 0.1) is 5.82 Å². The topological polar surface area (TPSA) is 20.3 Å². The van der Waals surface area contributed by atoms with Crippen molar-refractivity contribution in [1.82, 2.24) is 4.90 Å². The molecule has 1 saturated heterocycles. The quantitative estimate of drug-likeness (QED) is 0.767. The molecule has 0 aromatic heterocycles. The van der Waals surface area contributed by atoms with Gasteiger partial charge in [0.2, 0.25) is 0 Å². The number of hydrogen-bond acceptors (Lipinski definition) is 1. The molecule has 1 amide bonds. The predicted octanol–water partition coefficient (Wildman–Crippen LogP) is 3.99. The summed E-state index contributed by atoms with van der Waals surface area (Å²) in [7, 11) is 0. The largest absolute Gasteiger partial charge is 0.333 e. The Hall–Kier alpha value is -0.900. The van der Waals surface area contributed by atoms with E-state index in [1.165, 1.54) is 6.07 Å². The molecule has 2 unspecified atom stereocenters. The van der Waals surface area contributed by atoms with E-state index in [1.54, 1.807) is 12.1 Å². The normalized spacial score (nSPS) is 24.1. The zero-order valence-corrected chi connectivity index (χ0v) is 12.2. The van der Waals surface area contributed by atoms with Crippen molar-refractivity contribution < 1.29 is 9.18 Å². The standard InChI is InChI=1S/C14H17BrFNO/c1-9-4-3-5-10(2)17(9)14(18)12-8-11(15)6-7-13(12)16/h6-10H,3-5H2,1-2H3. The molecule has 1 aliphatic rings. The maximum Gasteiger partial charge on any atom is 0.257 e. The minimum absolute atomic E-state index is 0.157. The molecule has 0 N–H and O–H groups in total. The molecule has 1 aliphatic heterocycles. The number of rotatable bonds is 1. The van der Waals surface area contributed by atoms with Crippen LogP contribution in [0.25, 0.3) is 0 Å². The number of carbonyl (C=O) groups is 1. The summed E-state index contributed by atoms with van der Waals surface area (Å²) < 4.78 is 14.5. The van der Waals surface area contributed by atoms with Crippen LogP contribution in [0.3, 0.4) is 0 Å². The molecule has 0 aliphatic carbocycles. The Bertz CT molecular complexity index is 453. The zero-order valence-electron chi connectivity index (χ0n) is 10.6. The third-order valence-electron chi connectivity index (χ3n) is 3.59. The second kappa shape index (κ2) is 5.39. The number of piperidine rings is 1. The molecule has 0 saturated carbocycles. The SMILES string of the molecule is CC1CCCC(C)N1C(=O)c1cc(Br)ccc1F. The Labute approximate surface area is 115 Å². The predicted molar refractivity (Wildman–Crippen MR) is 73.0 cm³/mol. The van der Waals surface area contributed by atoms with Gasteiger partial charge in [0.1, 0.15) is 5.82 Å². The van der Waals surface area contributed by atoms with Crippen LogP contribution in [0.1, 0.15) is 43.5 Å². The van der Waals surface area contributed by atoms with Crippen LogP contribution in [0.4, 0.5) is 4.39 Å². The highest BCUT2D eigenvalue weighted by atomic mass is 79.9. The number of benzene rings is 1. The molecule has 2 nitrogen and oxygen atoms in total. The van der Waals surface area contributed by atoms with Gasteiger partial charge in [0.05, 0.1) is 5.56 Å². The van der Waals surface area contributed by atoms with Gasteiger partial charge in [-0.25, -0.2) is 4.39 Å². The summed E-state index contributed by atoms with van der Waals surface area (Å²) in [5.41, 5.74) is 0.157. The number of carbonyl (C=O) groups excluding carboxylic acids is 1. The van der Waals surface area contributed by atoms with E-state index in [2.05, 4.69) is 15.9 Å². The third-order valence-corrected chi connectivity index (χ3v) is 4.08. The molecule has 2 rings (SSSR count). The van der Waals surface area contributed by atoms with Crippen molar-refractivity contribution >= 4 is 21.8 Å². The van der Waals surface area contributed by atoms with Crippen molar-refractivity contribution in [1.29, 1.82) is 0 Å². The lowest BCUT2D eigenvalue weighted by Gasteiger charge is -2.39. The molecule has 4 heteroatoms. The molecule has 1 aromatic carbocycles. The molecule has 0 spiro atoms. The zero-order chi connectivity index (χ0) is 13.3. The van der Waals surface area contributed by atoms with Crippen LogP contribution in [-0.2, 0) is 0 Å². The maximum atomic E-state index is 13.8. The first-order valence-electron chi connectivity index (χ1n) is 6.28. The van der Waals surface area contributed by atoms with Crippen LogP contribution in [0.5, 0.6) is 0 Å². The van der Waals surface area contributed by atoms with Gasteiger partial charge in [0, 0.05) is 16.6 Å². The molecule has 98 valence electrons. The highest BCUT2D eigenvalue weighted by Crippen LogP contribution is 2.26. The van der Waals surface area contributed by atoms with Gasteiger partial charge >= 0.3 is 0 Å². The molecule has 2 atom stereocenters. The average molecular weight is 314 g/mol. The summed E-state index contributed by atoms with van der Waals surface area (Å²) in [6.45, 7) is 4.06. The minimum atomic E-state index is -0.451. The summed E-state index contributed by atoms with van der Waals surface area (Å²) in [6.07, 6.45) is 3.12. The lowest BCUT2D eigenvalue weighted by molar-refractivity contribution is 0.0506. The first-order valence-corrected chi connectivity index (χ1v) is 7.07. The van der Waals surface area contributed by atoms with E-state index < -0.39 is 5.82 Å². The fourth-order valence-electron chi connectivity index (χ4n) is 2.62. The van der Waals surface area contributed by atoms with Gasteiger partial charge in [-0.05, 0) is 51.3 Å². The molecule has 18 heavy (non-hydrogen) atoms. The van der Waals surface area contributed by atoms with Crippen molar-refractivity contribution in [3.05, 3.63) is 34.1 Å². The van der Waals surface area contributed by atoms with Crippen LogP contribution in [0.2, 0.25) is 0 Å². The van der Waals surface area contributed by atoms with E-state index in [9.17, 15) is 9.18 Å². The molecular weight excluding hydrogens is 297 g/mol. The summed E-state index contributed by atoms with van der Waals surface area (Å²) in [6, 6.07) is 4.86. The van der Waals surface area contributed by atoms with Gasteiger partial charge in [-0.1, -0.05) is 15.9 Å². The lowest BCUT2D eigenvalue weighted by Crippen LogP contribution is -2.47. The molecule has 1 fully saturated rings. The Kier molecular flexibility index (Phi) is 4.05. The second-order valence-electron chi connectivity index (χ2n) is 4.97. The Balaban J connectivity index is 2.32. The summed E-state index contributed by atoms with van der Waals surface area (Å²) in [5, 5.41) is 0. The lowest BCUT2D eigenvalue weighted by atomic mass is 9.96. The van der Waals surface area contributed by atoms with E-state index in [1.807, 2.05) is 18.7 Å². The van der Waals surface area contributed by atoms with E-state index in [-0.39, 0.29) is 23.6 Å². The number of amides is 1. The summed E-state index contributed by atoms with van der Waals surface area (Å²) in [4.78, 5) is 14.3. The molecule has 0 radical (unpaired) electrons. The minimum Gasteiger partial charge on any atom is -0.333 e. The fourth-order valence-corrected chi connectivity index (χ4v) is 2.98. The highest BCUT2D eigenvalue weighted by Gasteiger charge is 2.30. The van der Waals surface area contributed by atoms with Gasteiger partial charge in [-0.2, -0.15) is 0 Å². The smallest absolute Gasteiger partial charge is 0.257 e.